The first-order chi connectivity index (χ1) is 13.3. The van der Waals surface area contributed by atoms with Crippen LogP contribution >= 0.6 is 0 Å². The van der Waals surface area contributed by atoms with Crippen molar-refractivity contribution in [2.24, 2.45) is 0 Å². The van der Waals surface area contributed by atoms with Crippen LogP contribution in [0.25, 0.3) is 0 Å². The molecule has 1 aromatic heterocycles. The predicted octanol–water partition coefficient (Wildman–Crippen LogP) is 3.97. The van der Waals surface area contributed by atoms with E-state index >= 15 is 0 Å². The van der Waals surface area contributed by atoms with Crippen molar-refractivity contribution >= 4 is 5.91 Å². The Balaban J connectivity index is 1.65. The van der Waals surface area contributed by atoms with Crippen molar-refractivity contribution in [3.63, 3.8) is 0 Å². The maximum absolute atomic E-state index is 12.6. The molecule has 2 aromatic carbocycles. The van der Waals surface area contributed by atoms with Crippen molar-refractivity contribution in [2.45, 2.75) is 12.6 Å². The molecule has 0 saturated carbocycles. The highest BCUT2D eigenvalue weighted by Gasteiger charge is 2.32. The van der Waals surface area contributed by atoms with Crippen LogP contribution in [0.15, 0.2) is 79.1 Å². The molecule has 0 bridgehead atoms. The summed E-state index contributed by atoms with van der Waals surface area (Å²) in [6.07, 6.45) is 3.44. The summed E-state index contributed by atoms with van der Waals surface area (Å²) in [5.41, 5.74) is 1.91. The lowest BCUT2D eigenvalue weighted by atomic mass is 10.0. The molecule has 0 N–H and O–H groups in total. The lowest BCUT2D eigenvalue weighted by molar-refractivity contribution is -0.149. The van der Waals surface area contributed by atoms with Crippen LogP contribution in [-0.2, 0) is 16.1 Å². The van der Waals surface area contributed by atoms with E-state index in [-0.39, 0.29) is 18.6 Å². The fraction of sp³-hybridized carbons (Fsp3) is 0.182. The number of pyridine rings is 1. The van der Waals surface area contributed by atoms with Crippen LogP contribution in [-0.4, -0.2) is 29.0 Å². The first-order valence-corrected chi connectivity index (χ1v) is 8.89. The normalized spacial score (nSPS) is 17.0. The summed E-state index contributed by atoms with van der Waals surface area (Å²) < 4.78 is 11.6. The van der Waals surface area contributed by atoms with Gasteiger partial charge in [-0.05, 0) is 23.8 Å². The standard InChI is InChI=1S/C22H20N2O3/c25-22-16-26-15-20(24(22)14-17-7-3-1-4-8-17)19-13-23-12-11-21(19)27-18-9-5-2-6-10-18/h1-13,20H,14-16H2. The van der Waals surface area contributed by atoms with Gasteiger partial charge in [0.1, 0.15) is 18.1 Å². The van der Waals surface area contributed by atoms with E-state index in [1.54, 1.807) is 12.4 Å². The minimum Gasteiger partial charge on any atom is -0.457 e. The number of nitrogens with zero attached hydrogens (tertiary/aromatic N) is 2. The molecule has 1 atom stereocenters. The second-order valence-electron chi connectivity index (χ2n) is 6.37. The monoisotopic (exact) mass is 360 g/mol. The van der Waals surface area contributed by atoms with Crippen molar-refractivity contribution < 1.29 is 14.3 Å². The zero-order chi connectivity index (χ0) is 18.5. The quantitative estimate of drug-likeness (QED) is 0.691. The number of rotatable bonds is 5. The number of benzene rings is 2. The zero-order valence-corrected chi connectivity index (χ0v) is 14.8. The topological polar surface area (TPSA) is 51.7 Å². The summed E-state index contributed by atoms with van der Waals surface area (Å²) in [5, 5.41) is 0. The Labute approximate surface area is 158 Å². The Hall–Kier alpha value is -3.18. The molecule has 3 aromatic rings. The Kier molecular flexibility index (Phi) is 5.12. The van der Waals surface area contributed by atoms with E-state index in [4.69, 9.17) is 9.47 Å². The van der Waals surface area contributed by atoms with E-state index in [0.29, 0.717) is 18.9 Å². The minimum atomic E-state index is -0.251. The van der Waals surface area contributed by atoms with Crippen molar-refractivity contribution in [3.05, 3.63) is 90.3 Å². The van der Waals surface area contributed by atoms with Crippen molar-refractivity contribution in [3.8, 4) is 11.5 Å². The van der Waals surface area contributed by atoms with Gasteiger partial charge in [-0.1, -0.05) is 48.5 Å². The summed E-state index contributed by atoms with van der Waals surface area (Å²) in [6.45, 7) is 1.03. The maximum Gasteiger partial charge on any atom is 0.249 e. The van der Waals surface area contributed by atoms with Gasteiger partial charge in [0.05, 0.1) is 12.6 Å². The predicted molar refractivity (Wildman–Crippen MR) is 101 cm³/mol. The highest BCUT2D eigenvalue weighted by Crippen LogP contribution is 2.34. The third kappa shape index (κ3) is 3.99. The van der Waals surface area contributed by atoms with Gasteiger partial charge in [-0.2, -0.15) is 0 Å². The van der Waals surface area contributed by atoms with Crippen LogP contribution in [0.2, 0.25) is 0 Å². The van der Waals surface area contributed by atoms with Gasteiger partial charge in [0, 0.05) is 24.5 Å². The average Bonchev–Trinajstić information content (AvgIpc) is 2.72. The summed E-state index contributed by atoms with van der Waals surface area (Å²) in [6, 6.07) is 21.1. The third-order valence-corrected chi connectivity index (χ3v) is 4.53. The zero-order valence-electron chi connectivity index (χ0n) is 14.8. The van der Waals surface area contributed by atoms with E-state index in [1.807, 2.05) is 71.6 Å². The van der Waals surface area contributed by atoms with Gasteiger partial charge >= 0.3 is 0 Å². The number of carbonyl (C=O) groups excluding carboxylic acids is 1. The highest BCUT2D eigenvalue weighted by atomic mass is 16.5. The molecule has 0 aliphatic carbocycles. The number of amides is 1. The molecule has 1 aliphatic rings. The molecule has 136 valence electrons. The van der Waals surface area contributed by atoms with E-state index in [0.717, 1.165) is 16.9 Å². The van der Waals surface area contributed by atoms with E-state index in [1.165, 1.54) is 0 Å². The molecule has 27 heavy (non-hydrogen) atoms. The van der Waals surface area contributed by atoms with Crippen molar-refractivity contribution in [1.82, 2.24) is 9.88 Å². The Morgan fingerprint density at radius 3 is 2.56 bits per heavy atom. The average molecular weight is 360 g/mol. The molecule has 1 aliphatic heterocycles. The van der Waals surface area contributed by atoms with Gasteiger partial charge < -0.3 is 14.4 Å². The second kappa shape index (κ2) is 8.01. The van der Waals surface area contributed by atoms with Gasteiger partial charge in [-0.15, -0.1) is 0 Å². The number of aromatic nitrogens is 1. The maximum atomic E-state index is 12.6. The molecule has 0 spiro atoms. The molecule has 0 radical (unpaired) electrons. The number of hydrogen-bond acceptors (Lipinski definition) is 4. The van der Waals surface area contributed by atoms with Gasteiger partial charge in [-0.3, -0.25) is 9.78 Å². The van der Waals surface area contributed by atoms with Crippen LogP contribution in [0.5, 0.6) is 11.5 Å². The Morgan fingerprint density at radius 2 is 1.78 bits per heavy atom. The summed E-state index contributed by atoms with van der Waals surface area (Å²) >= 11 is 0. The van der Waals surface area contributed by atoms with Crippen LogP contribution in [0.3, 0.4) is 0 Å². The fourth-order valence-electron chi connectivity index (χ4n) is 3.19. The number of morpholine rings is 1. The second-order valence-corrected chi connectivity index (χ2v) is 6.37. The van der Waals surface area contributed by atoms with E-state index in [2.05, 4.69) is 4.98 Å². The Morgan fingerprint density at radius 1 is 1.04 bits per heavy atom. The summed E-state index contributed by atoms with van der Waals surface area (Å²) in [7, 11) is 0. The van der Waals surface area contributed by atoms with Gasteiger partial charge in [0.15, 0.2) is 0 Å². The first kappa shape index (κ1) is 17.2. The van der Waals surface area contributed by atoms with E-state index in [9.17, 15) is 4.79 Å². The first-order valence-electron chi connectivity index (χ1n) is 8.89. The number of carbonyl (C=O) groups is 1. The third-order valence-electron chi connectivity index (χ3n) is 4.53. The van der Waals surface area contributed by atoms with Gasteiger partial charge in [0.25, 0.3) is 0 Å². The van der Waals surface area contributed by atoms with Crippen molar-refractivity contribution in [1.29, 1.82) is 0 Å². The molecule has 1 unspecified atom stereocenters. The number of para-hydroxylation sites is 1. The van der Waals surface area contributed by atoms with Crippen molar-refractivity contribution in [2.75, 3.05) is 13.2 Å². The molecule has 2 heterocycles. The van der Waals surface area contributed by atoms with E-state index < -0.39 is 0 Å². The highest BCUT2D eigenvalue weighted by molar-refractivity contribution is 5.78. The van der Waals surface area contributed by atoms with Crippen LogP contribution < -0.4 is 4.74 Å². The summed E-state index contributed by atoms with van der Waals surface area (Å²) in [4.78, 5) is 18.7. The minimum absolute atomic E-state index is 0.0374. The molecule has 1 amide bonds. The summed E-state index contributed by atoms with van der Waals surface area (Å²) in [5.74, 6) is 1.38. The molecule has 5 heteroatoms. The lowest BCUT2D eigenvalue weighted by Crippen LogP contribution is -2.43. The lowest BCUT2D eigenvalue weighted by Gasteiger charge is -2.36. The van der Waals surface area contributed by atoms with Crippen LogP contribution in [0.1, 0.15) is 17.2 Å². The molecular formula is C22H20N2O3. The molecule has 5 nitrogen and oxygen atoms in total. The molecular weight excluding hydrogens is 340 g/mol. The fourth-order valence-corrected chi connectivity index (χ4v) is 3.19. The Bertz CT molecular complexity index is 900. The number of hydrogen-bond donors (Lipinski definition) is 0. The van der Waals surface area contributed by atoms with Crippen LogP contribution in [0, 0.1) is 0 Å². The molecule has 1 saturated heterocycles. The SMILES string of the molecule is O=C1COCC(c2cnccc2Oc2ccccc2)N1Cc1ccccc1. The smallest absolute Gasteiger partial charge is 0.249 e. The van der Waals surface area contributed by atoms with Gasteiger partial charge in [-0.25, -0.2) is 0 Å². The molecule has 4 rings (SSSR count). The van der Waals surface area contributed by atoms with Crippen LogP contribution in [0.4, 0.5) is 0 Å². The molecule has 1 fully saturated rings. The van der Waals surface area contributed by atoms with Gasteiger partial charge in [0.2, 0.25) is 5.91 Å². The number of ether oxygens (including phenoxy) is 2. The largest absolute Gasteiger partial charge is 0.457 e.